The lowest BCUT2D eigenvalue weighted by Gasteiger charge is -2.13. The van der Waals surface area contributed by atoms with Crippen molar-refractivity contribution in [2.45, 2.75) is 13.0 Å². The van der Waals surface area contributed by atoms with Crippen molar-refractivity contribution in [3.8, 4) is 11.5 Å². The largest absolute Gasteiger partial charge is 0.573 e. The minimum atomic E-state index is -4.79. The van der Waals surface area contributed by atoms with Gasteiger partial charge in [-0.05, 0) is 36.4 Å². The quantitative estimate of drug-likeness (QED) is 0.707. The molecule has 142 valence electrons. The summed E-state index contributed by atoms with van der Waals surface area (Å²) >= 11 is 0. The number of nitrogens with zero attached hydrogens (tertiary/aromatic N) is 2. The smallest absolute Gasteiger partial charge is 0.493 e. The van der Waals surface area contributed by atoms with E-state index in [2.05, 4.69) is 15.0 Å². The standard InChI is InChI=1S/C17H14F3N3O4/c1-26-13-3-2-8-23-15(13)22-14(12(9-24)16(23)25)21-10-4-6-11(7-5-10)27-17(18,19)20/h2-8,21,24H,9H2,1H3. The molecule has 3 aromatic rings. The normalized spacial score (nSPS) is 11.4. The minimum absolute atomic E-state index is 0.00336. The van der Waals surface area contributed by atoms with Crippen LogP contribution in [0.25, 0.3) is 5.65 Å². The predicted molar refractivity (Wildman–Crippen MR) is 90.3 cm³/mol. The van der Waals surface area contributed by atoms with Crippen LogP contribution in [0.1, 0.15) is 5.56 Å². The molecule has 0 spiro atoms. The number of methoxy groups -OCH3 is 1. The number of aromatic nitrogens is 2. The average molecular weight is 381 g/mol. The van der Waals surface area contributed by atoms with Gasteiger partial charge in [-0.15, -0.1) is 13.2 Å². The molecule has 0 aliphatic carbocycles. The number of anilines is 2. The molecule has 2 heterocycles. The molecule has 0 radical (unpaired) electrons. The summed E-state index contributed by atoms with van der Waals surface area (Å²) in [5, 5.41) is 12.4. The maximum atomic E-state index is 12.6. The number of halogens is 3. The number of nitrogens with one attached hydrogen (secondary N) is 1. The average Bonchev–Trinajstić information content (AvgIpc) is 2.62. The van der Waals surface area contributed by atoms with Crippen LogP contribution in [0.15, 0.2) is 47.4 Å². The molecule has 2 N–H and O–H groups in total. The second-order valence-corrected chi connectivity index (χ2v) is 5.37. The number of alkyl halides is 3. The van der Waals surface area contributed by atoms with Crippen LogP contribution in [-0.2, 0) is 6.61 Å². The summed E-state index contributed by atoms with van der Waals surface area (Å²) < 4.78 is 46.9. The van der Waals surface area contributed by atoms with Crippen molar-refractivity contribution < 1.29 is 27.8 Å². The van der Waals surface area contributed by atoms with Gasteiger partial charge >= 0.3 is 6.36 Å². The van der Waals surface area contributed by atoms with Crippen molar-refractivity contribution in [2.75, 3.05) is 12.4 Å². The number of fused-ring (bicyclic) bond motifs is 1. The molecule has 2 aromatic heterocycles. The number of aliphatic hydroxyl groups is 1. The molecule has 0 fully saturated rings. The minimum Gasteiger partial charge on any atom is -0.493 e. The zero-order chi connectivity index (χ0) is 19.6. The molecular formula is C17H14F3N3O4. The van der Waals surface area contributed by atoms with Gasteiger partial charge in [-0.25, -0.2) is 4.98 Å². The SMILES string of the molecule is COc1cccn2c(=O)c(CO)c(Nc3ccc(OC(F)(F)F)cc3)nc12. The van der Waals surface area contributed by atoms with E-state index < -0.39 is 18.5 Å². The molecule has 0 saturated heterocycles. The van der Waals surface area contributed by atoms with Crippen molar-refractivity contribution in [3.63, 3.8) is 0 Å². The Morgan fingerprint density at radius 1 is 1.22 bits per heavy atom. The molecule has 0 amide bonds. The molecule has 1 aromatic carbocycles. The Morgan fingerprint density at radius 2 is 1.93 bits per heavy atom. The highest BCUT2D eigenvalue weighted by Gasteiger charge is 2.31. The van der Waals surface area contributed by atoms with E-state index in [9.17, 15) is 23.1 Å². The van der Waals surface area contributed by atoms with Gasteiger partial charge in [-0.2, -0.15) is 0 Å². The van der Waals surface area contributed by atoms with Crippen LogP contribution >= 0.6 is 0 Å². The second kappa shape index (κ2) is 7.16. The molecule has 27 heavy (non-hydrogen) atoms. The van der Waals surface area contributed by atoms with Crippen molar-refractivity contribution in [1.29, 1.82) is 0 Å². The van der Waals surface area contributed by atoms with Crippen LogP contribution < -0.4 is 20.3 Å². The molecule has 3 rings (SSSR count). The lowest BCUT2D eigenvalue weighted by atomic mass is 10.2. The van der Waals surface area contributed by atoms with E-state index >= 15 is 0 Å². The highest BCUT2D eigenvalue weighted by Crippen LogP contribution is 2.26. The fraction of sp³-hybridized carbons (Fsp3) is 0.176. The lowest BCUT2D eigenvalue weighted by Crippen LogP contribution is -2.22. The summed E-state index contributed by atoms with van der Waals surface area (Å²) in [4.78, 5) is 16.9. The van der Waals surface area contributed by atoms with Gasteiger partial charge in [0.1, 0.15) is 11.6 Å². The van der Waals surface area contributed by atoms with Crippen molar-refractivity contribution >= 4 is 17.2 Å². The van der Waals surface area contributed by atoms with E-state index in [4.69, 9.17) is 4.74 Å². The van der Waals surface area contributed by atoms with Crippen LogP contribution in [0, 0.1) is 0 Å². The van der Waals surface area contributed by atoms with Crippen LogP contribution in [-0.4, -0.2) is 28.0 Å². The number of benzene rings is 1. The molecule has 0 unspecified atom stereocenters. The Morgan fingerprint density at radius 3 is 2.52 bits per heavy atom. The monoisotopic (exact) mass is 381 g/mol. The first-order valence-electron chi connectivity index (χ1n) is 7.64. The first-order chi connectivity index (χ1) is 12.8. The molecule has 0 atom stereocenters. The van der Waals surface area contributed by atoms with Gasteiger partial charge in [0.05, 0.1) is 19.3 Å². The molecule has 0 aliphatic heterocycles. The summed E-state index contributed by atoms with van der Waals surface area (Å²) in [7, 11) is 1.42. The Labute approximate surface area is 150 Å². The zero-order valence-corrected chi connectivity index (χ0v) is 13.9. The fourth-order valence-electron chi connectivity index (χ4n) is 2.46. The molecule has 0 saturated carbocycles. The maximum absolute atomic E-state index is 12.6. The second-order valence-electron chi connectivity index (χ2n) is 5.37. The molecule has 7 nitrogen and oxygen atoms in total. The third-order valence-corrected chi connectivity index (χ3v) is 3.64. The third-order valence-electron chi connectivity index (χ3n) is 3.64. The van der Waals surface area contributed by atoms with E-state index in [-0.39, 0.29) is 22.8 Å². The summed E-state index contributed by atoms with van der Waals surface area (Å²) in [5.41, 5.74) is 0.0735. The van der Waals surface area contributed by atoms with E-state index in [0.29, 0.717) is 11.4 Å². The summed E-state index contributed by atoms with van der Waals surface area (Å²) in [6.07, 6.45) is -3.30. The molecule has 10 heteroatoms. The van der Waals surface area contributed by atoms with E-state index in [1.54, 1.807) is 12.1 Å². The highest BCUT2D eigenvalue weighted by atomic mass is 19.4. The summed E-state index contributed by atoms with van der Waals surface area (Å²) in [6.45, 7) is -0.580. The first kappa shape index (κ1) is 18.5. The van der Waals surface area contributed by atoms with Crippen LogP contribution in [0.3, 0.4) is 0 Å². The number of pyridine rings is 1. The number of hydrogen-bond acceptors (Lipinski definition) is 6. The summed E-state index contributed by atoms with van der Waals surface area (Å²) in [5.74, 6) is 0.0243. The third kappa shape index (κ3) is 3.95. The maximum Gasteiger partial charge on any atom is 0.573 e. The lowest BCUT2D eigenvalue weighted by molar-refractivity contribution is -0.274. The van der Waals surface area contributed by atoms with Gasteiger partial charge in [0, 0.05) is 11.9 Å². The van der Waals surface area contributed by atoms with Crippen LogP contribution in [0.4, 0.5) is 24.7 Å². The van der Waals surface area contributed by atoms with Gasteiger partial charge < -0.3 is 19.9 Å². The highest BCUT2D eigenvalue weighted by molar-refractivity contribution is 5.65. The van der Waals surface area contributed by atoms with Gasteiger partial charge in [-0.3, -0.25) is 9.20 Å². The van der Waals surface area contributed by atoms with Gasteiger partial charge in [0.15, 0.2) is 11.4 Å². The predicted octanol–water partition coefficient (Wildman–Crippen LogP) is 2.84. The van der Waals surface area contributed by atoms with Crippen molar-refractivity contribution in [1.82, 2.24) is 9.38 Å². The van der Waals surface area contributed by atoms with Crippen LogP contribution in [0.2, 0.25) is 0 Å². The number of rotatable bonds is 5. The van der Waals surface area contributed by atoms with E-state index in [1.165, 1.54) is 29.8 Å². The Balaban J connectivity index is 2.00. The van der Waals surface area contributed by atoms with Crippen molar-refractivity contribution in [2.24, 2.45) is 0 Å². The van der Waals surface area contributed by atoms with E-state index in [0.717, 1.165) is 12.1 Å². The van der Waals surface area contributed by atoms with Gasteiger partial charge in [0.2, 0.25) is 0 Å². The van der Waals surface area contributed by atoms with E-state index in [1.807, 2.05) is 0 Å². The fourth-order valence-corrected chi connectivity index (χ4v) is 2.46. The molecule has 0 aliphatic rings. The number of hydrogen-bond donors (Lipinski definition) is 2. The van der Waals surface area contributed by atoms with Crippen LogP contribution in [0.5, 0.6) is 11.5 Å². The molecular weight excluding hydrogens is 367 g/mol. The zero-order valence-electron chi connectivity index (χ0n) is 13.9. The van der Waals surface area contributed by atoms with Gasteiger partial charge in [-0.1, -0.05) is 0 Å². The van der Waals surface area contributed by atoms with Gasteiger partial charge in [0.25, 0.3) is 5.56 Å². The topological polar surface area (TPSA) is 85.1 Å². The van der Waals surface area contributed by atoms with Crippen molar-refractivity contribution in [3.05, 3.63) is 58.5 Å². The Hall–Kier alpha value is -3.27. The first-order valence-corrected chi connectivity index (χ1v) is 7.64. The number of ether oxygens (including phenoxy) is 2. The Kier molecular flexibility index (Phi) is 4.91. The Bertz CT molecular complexity index is 1020. The number of aliphatic hydroxyl groups excluding tert-OH is 1. The summed E-state index contributed by atoms with van der Waals surface area (Å²) in [6, 6.07) is 8.10. The molecule has 0 bridgehead atoms.